The number of amidine groups is 2. The predicted molar refractivity (Wildman–Crippen MR) is 132 cm³/mol. The number of amides is 1. The minimum Gasteiger partial charge on any atom is -0.478 e. The number of furan rings is 1. The van der Waals surface area contributed by atoms with Crippen molar-refractivity contribution in [3.8, 4) is 11.3 Å². The van der Waals surface area contributed by atoms with Crippen LogP contribution in [-0.4, -0.2) is 38.0 Å². The van der Waals surface area contributed by atoms with Crippen molar-refractivity contribution in [1.82, 2.24) is 5.01 Å². The number of carbonyl (C=O) groups excluding carboxylic acids is 1. The highest BCUT2D eigenvalue weighted by molar-refractivity contribution is 8.26. The number of thioether (sulfide) groups is 1. The summed E-state index contributed by atoms with van der Waals surface area (Å²) in [6.45, 7) is 0. The van der Waals surface area contributed by atoms with E-state index in [0.29, 0.717) is 22.3 Å². The maximum Gasteiger partial charge on any atom is 0.335 e. The largest absolute Gasteiger partial charge is 0.478 e. The van der Waals surface area contributed by atoms with E-state index in [-0.39, 0.29) is 17.0 Å². The van der Waals surface area contributed by atoms with E-state index in [0.717, 1.165) is 23.8 Å². The van der Waals surface area contributed by atoms with Crippen LogP contribution in [0.3, 0.4) is 0 Å². The Morgan fingerprint density at radius 2 is 1.94 bits per heavy atom. The number of aromatic carboxylic acids is 1. The Morgan fingerprint density at radius 1 is 1.18 bits per heavy atom. The molecule has 0 saturated heterocycles. The molecule has 1 aromatic heterocycles. The third kappa shape index (κ3) is 4.61. The van der Waals surface area contributed by atoms with E-state index in [1.54, 1.807) is 24.3 Å². The van der Waals surface area contributed by atoms with Gasteiger partial charge in [0.05, 0.1) is 11.1 Å². The van der Waals surface area contributed by atoms with E-state index in [1.807, 2.05) is 0 Å². The van der Waals surface area contributed by atoms with Crippen molar-refractivity contribution in [3.05, 3.63) is 53.3 Å². The molecule has 1 aromatic carbocycles. The Kier molecular flexibility index (Phi) is 6.19. The Labute approximate surface area is 200 Å². The lowest BCUT2D eigenvalue weighted by Crippen LogP contribution is -2.35. The molecule has 0 spiro atoms. The molecule has 2 N–H and O–H groups in total. The number of nitrogens with zero attached hydrogens (tertiary/aromatic N) is 3. The summed E-state index contributed by atoms with van der Waals surface area (Å²) in [4.78, 5) is 27.8. The van der Waals surface area contributed by atoms with Crippen LogP contribution in [0.15, 0.2) is 56.5 Å². The van der Waals surface area contributed by atoms with Crippen LogP contribution in [0.2, 0.25) is 0 Å². The molecule has 8 nitrogen and oxygen atoms in total. The van der Waals surface area contributed by atoms with Gasteiger partial charge in [-0.25, -0.2) is 4.79 Å². The van der Waals surface area contributed by atoms with Crippen molar-refractivity contribution >= 4 is 45.8 Å². The van der Waals surface area contributed by atoms with Gasteiger partial charge in [-0.05, 0) is 60.9 Å². The van der Waals surface area contributed by atoms with Crippen molar-refractivity contribution in [2.24, 2.45) is 16.0 Å². The summed E-state index contributed by atoms with van der Waals surface area (Å²) in [7, 11) is 0. The second kappa shape index (κ2) is 9.42. The van der Waals surface area contributed by atoms with Gasteiger partial charge in [0.2, 0.25) is 5.17 Å². The van der Waals surface area contributed by atoms with Gasteiger partial charge in [-0.15, -0.1) is 0 Å². The van der Waals surface area contributed by atoms with Crippen molar-refractivity contribution in [2.75, 3.05) is 0 Å². The van der Waals surface area contributed by atoms with Crippen LogP contribution in [0, 0.1) is 11.3 Å². The van der Waals surface area contributed by atoms with Gasteiger partial charge in [0.25, 0.3) is 5.91 Å². The highest BCUT2D eigenvalue weighted by Crippen LogP contribution is 2.33. The van der Waals surface area contributed by atoms with E-state index in [1.165, 1.54) is 67.1 Å². The van der Waals surface area contributed by atoms with E-state index in [2.05, 4.69) is 10.1 Å². The number of hydrazone groups is 1. The maximum absolute atomic E-state index is 12.7. The number of fused-ring (bicyclic) bond motifs is 1. The normalized spacial score (nSPS) is 19.9. The summed E-state index contributed by atoms with van der Waals surface area (Å²) in [5.74, 6) is 0.169. The molecule has 174 valence electrons. The predicted octanol–water partition coefficient (Wildman–Crippen LogP) is 5.62. The zero-order valence-corrected chi connectivity index (χ0v) is 19.3. The second-order valence-corrected chi connectivity index (χ2v) is 9.68. The molecular formula is C25H24N4O4S. The second-order valence-electron chi connectivity index (χ2n) is 8.64. The molecule has 2 aliphatic heterocycles. The van der Waals surface area contributed by atoms with Gasteiger partial charge in [0.15, 0.2) is 5.84 Å². The summed E-state index contributed by atoms with van der Waals surface area (Å²) in [6.07, 6.45) is 9.92. The van der Waals surface area contributed by atoms with Crippen LogP contribution >= 0.6 is 11.8 Å². The fraction of sp³-hybridized carbons (Fsp3) is 0.320. The van der Waals surface area contributed by atoms with Crippen molar-refractivity contribution in [3.63, 3.8) is 0 Å². The molecule has 3 aliphatic rings. The topological polar surface area (TPSA) is 119 Å². The van der Waals surface area contributed by atoms with E-state index < -0.39 is 11.9 Å². The van der Waals surface area contributed by atoms with Gasteiger partial charge in [0.1, 0.15) is 16.6 Å². The molecule has 0 bridgehead atoms. The van der Waals surface area contributed by atoms with Crippen molar-refractivity contribution in [1.29, 1.82) is 5.41 Å². The molecule has 5 rings (SSSR count). The first kappa shape index (κ1) is 22.3. The van der Waals surface area contributed by atoms with Crippen LogP contribution in [0.25, 0.3) is 17.4 Å². The summed E-state index contributed by atoms with van der Waals surface area (Å²) >= 11 is 1.38. The molecule has 1 fully saturated rings. The molecule has 1 aliphatic carbocycles. The minimum absolute atomic E-state index is 0.0149. The number of aliphatic imine (C=N–C) groups is 1. The molecule has 1 amide bonds. The van der Waals surface area contributed by atoms with Crippen LogP contribution in [0.5, 0.6) is 0 Å². The molecule has 9 heteroatoms. The lowest BCUT2D eigenvalue weighted by Gasteiger charge is -2.20. The van der Waals surface area contributed by atoms with Gasteiger partial charge in [-0.3, -0.25) is 10.2 Å². The quantitative estimate of drug-likeness (QED) is 0.522. The highest BCUT2D eigenvalue weighted by Gasteiger charge is 2.35. The molecule has 3 heterocycles. The average Bonchev–Trinajstić information content (AvgIpc) is 3.48. The van der Waals surface area contributed by atoms with E-state index in [9.17, 15) is 9.59 Å². The minimum atomic E-state index is -0.995. The summed E-state index contributed by atoms with van der Waals surface area (Å²) < 4.78 is 5.83. The van der Waals surface area contributed by atoms with Gasteiger partial charge >= 0.3 is 5.97 Å². The number of carboxylic acids is 1. The third-order valence-electron chi connectivity index (χ3n) is 6.32. The van der Waals surface area contributed by atoms with Gasteiger partial charge in [0, 0.05) is 5.56 Å². The smallest absolute Gasteiger partial charge is 0.335 e. The fourth-order valence-electron chi connectivity index (χ4n) is 4.44. The molecular weight excluding hydrogens is 452 g/mol. The van der Waals surface area contributed by atoms with E-state index in [4.69, 9.17) is 14.9 Å². The maximum atomic E-state index is 12.7. The molecule has 34 heavy (non-hydrogen) atoms. The number of hydrogen-bond donors (Lipinski definition) is 2. The first-order valence-corrected chi connectivity index (χ1v) is 12.2. The van der Waals surface area contributed by atoms with Crippen LogP contribution in [-0.2, 0) is 4.79 Å². The molecule has 0 atom stereocenters. The SMILES string of the molecule is N=C1C(=Cc2ccc(-c3ccc(C(=O)O)cc3)o2)C(=O)N=C2SC(CCC3CCCCC3)=NN12. The fourth-order valence-corrected chi connectivity index (χ4v) is 5.34. The number of carboxylic acid groups (broad SMARTS) is 1. The van der Waals surface area contributed by atoms with Crippen LogP contribution < -0.4 is 0 Å². The highest BCUT2D eigenvalue weighted by atomic mass is 32.2. The number of rotatable bonds is 6. The Morgan fingerprint density at radius 3 is 2.68 bits per heavy atom. The number of nitrogens with one attached hydrogen (secondary N) is 1. The van der Waals surface area contributed by atoms with Crippen molar-refractivity contribution in [2.45, 2.75) is 44.9 Å². The molecule has 0 unspecified atom stereocenters. The lowest BCUT2D eigenvalue weighted by atomic mass is 9.86. The van der Waals surface area contributed by atoms with Gasteiger partial charge < -0.3 is 9.52 Å². The average molecular weight is 477 g/mol. The Balaban J connectivity index is 1.30. The van der Waals surface area contributed by atoms with E-state index >= 15 is 0 Å². The number of benzene rings is 1. The number of carbonyl (C=O) groups is 2. The molecule has 1 saturated carbocycles. The summed E-state index contributed by atoms with van der Waals surface area (Å²) in [5, 5.41) is 24.9. The van der Waals surface area contributed by atoms with Crippen LogP contribution in [0.1, 0.15) is 61.1 Å². The summed E-state index contributed by atoms with van der Waals surface area (Å²) in [5.41, 5.74) is 1.02. The zero-order valence-electron chi connectivity index (χ0n) is 18.5. The summed E-state index contributed by atoms with van der Waals surface area (Å²) in [6, 6.07) is 9.77. The Bertz CT molecular complexity index is 1240. The van der Waals surface area contributed by atoms with Gasteiger partial charge in [-0.2, -0.15) is 15.1 Å². The molecule has 0 radical (unpaired) electrons. The monoisotopic (exact) mass is 476 g/mol. The van der Waals surface area contributed by atoms with Crippen molar-refractivity contribution < 1.29 is 19.1 Å². The first-order chi connectivity index (χ1) is 16.5. The van der Waals surface area contributed by atoms with Gasteiger partial charge in [-0.1, -0.05) is 44.2 Å². The molecule has 2 aromatic rings. The van der Waals surface area contributed by atoms with Crippen LogP contribution in [0.4, 0.5) is 0 Å². The zero-order chi connectivity index (χ0) is 23.7. The number of hydrogen-bond acceptors (Lipinski definition) is 6. The lowest BCUT2D eigenvalue weighted by molar-refractivity contribution is -0.114. The standard InChI is InChI=1S/C25H24N4O4S/c26-22-19(14-18-11-12-20(33-18)16-7-9-17(10-8-16)24(31)32)23(30)27-25-29(22)28-21(34-25)13-6-15-4-2-1-3-5-15/h7-12,14-15,26H,1-6,13H2,(H,31,32). The Hall–Kier alpha value is -3.46. The first-order valence-electron chi connectivity index (χ1n) is 11.4. The third-order valence-corrected chi connectivity index (χ3v) is 7.29.